The number of carbonyl (C=O) groups is 3. The fourth-order valence-electron chi connectivity index (χ4n) is 3.74. The molecule has 0 aliphatic carbocycles. The van der Waals surface area contributed by atoms with E-state index in [1.165, 1.54) is 4.90 Å². The van der Waals surface area contributed by atoms with Crippen molar-refractivity contribution in [2.45, 2.75) is 78.9 Å². The maximum absolute atomic E-state index is 12.9. The van der Waals surface area contributed by atoms with E-state index in [-0.39, 0.29) is 5.91 Å². The molecule has 1 saturated heterocycles. The quantitative estimate of drug-likeness (QED) is 0.687. The van der Waals surface area contributed by atoms with Gasteiger partial charge in [-0.25, -0.2) is 0 Å². The molecular weight excluding hydrogens is 366 g/mol. The van der Waals surface area contributed by atoms with Crippen molar-refractivity contribution in [3.05, 3.63) is 35.9 Å². The van der Waals surface area contributed by atoms with Crippen LogP contribution < -0.4 is 10.6 Å². The van der Waals surface area contributed by atoms with Gasteiger partial charge in [0.05, 0.1) is 0 Å². The van der Waals surface area contributed by atoms with Gasteiger partial charge in [0.25, 0.3) is 11.8 Å². The van der Waals surface area contributed by atoms with Crippen molar-refractivity contribution in [1.82, 2.24) is 15.5 Å². The Kier molecular flexibility index (Phi) is 9.34. The van der Waals surface area contributed by atoms with Gasteiger partial charge >= 0.3 is 0 Å². The SMILES string of the molecule is CC.CC(C)CC(C)(C)NC(=O)C1C(=O)NC(C)C(=O)N1CCc1ccccc1. The van der Waals surface area contributed by atoms with E-state index in [9.17, 15) is 14.4 Å². The zero-order valence-corrected chi connectivity index (χ0v) is 18.9. The van der Waals surface area contributed by atoms with Crippen LogP contribution in [0.3, 0.4) is 0 Å². The molecule has 2 unspecified atom stereocenters. The van der Waals surface area contributed by atoms with E-state index in [1.54, 1.807) is 6.92 Å². The van der Waals surface area contributed by atoms with Gasteiger partial charge in [0, 0.05) is 12.1 Å². The summed E-state index contributed by atoms with van der Waals surface area (Å²) in [4.78, 5) is 39.6. The minimum absolute atomic E-state index is 0.229. The van der Waals surface area contributed by atoms with Crippen LogP contribution in [0.15, 0.2) is 30.3 Å². The van der Waals surface area contributed by atoms with Crippen molar-refractivity contribution in [3.8, 4) is 0 Å². The van der Waals surface area contributed by atoms with E-state index < -0.39 is 29.4 Å². The number of rotatable bonds is 7. The first-order valence-electron chi connectivity index (χ1n) is 10.6. The molecule has 29 heavy (non-hydrogen) atoms. The number of hydrogen-bond donors (Lipinski definition) is 2. The first-order chi connectivity index (χ1) is 13.6. The zero-order valence-electron chi connectivity index (χ0n) is 18.9. The van der Waals surface area contributed by atoms with E-state index in [1.807, 2.05) is 58.0 Å². The predicted octanol–water partition coefficient (Wildman–Crippen LogP) is 2.91. The van der Waals surface area contributed by atoms with Gasteiger partial charge in [-0.2, -0.15) is 0 Å². The van der Waals surface area contributed by atoms with Crippen LogP contribution in [0.1, 0.15) is 60.5 Å². The Bertz CT molecular complexity index is 686. The van der Waals surface area contributed by atoms with E-state index in [0.717, 1.165) is 12.0 Å². The van der Waals surface area contributed by atoms with Crippen LogP contribution in [0.25, 0.3) is 0 Å². The van der Waals surface area contributed by atoms with E-state index >= 15 is 0 Å². The lowest BCUT2D eigenvalue weighted by atomic mass is 9.92. The van der Waals surface area contributed by atoms with Crippen LogP contribution >= 0.6 is 0 Å². The summed E-state index contributed by atoms with van der Waals surface area (Å²) >= 11 is 0. The fraction of sp³-hybridized carbons (Fsp3) is 0.609. The van der Waals surface area contributed by atoms with Crippen molar-refractivity contribution in [1.29, 1.82) is 0 Å². The molecule has 1 aliphatic heterocycles. The second-order valence-electron chi connectivity index (χ2n) is 8.37. The second kappa shape index (κ2) is 11.0. The van der Waals surface area contributed by atoms with Crippen LogP contribution in [0.5, 0.6) is 0 Å². The van der Waals surface area contributed by atoms with Gasteiger partial charge in [-0.05, 0) is 45.1 Å². The molecule has 0 aromatic heterocycles. The van der Waals surface area contributed by atoms with Crippen LogP contribution in [-0.4, -0.2) is 46.8 Å². The number of hydrogen-bond acceptors (Lipinski definition) is 3. The molecule has 1 aromatic rings. The molecule has 0 bridgehead atoms. The molecule has 2 rings (SSSR count). The smallest absolute Gasteiger partial charge is 0.253 e. The summed E-state index contributed by atoms with van der Waals surface area (Å²) in [6.07, 6.45) is 1.37. The Morgan fingerprint density at radius 1 is 1.17 bits per heavy atom. The third-order valence-electron chi connectivity index (χ3n) is 4.68. The number of benzene rings is 1. The zero-order chi connectivity index (χ0) is 22.2. The number of piperazine rings is 1. The Hall–Kier alpha value is -2.37. The molecule has 1 heterocycles. The predicted molar refractivity (Wildman–Crippen MR) is 116 cm³/mol. The van der Waals surface area contributed by atoms with Crippen LogP contribution in [0, 0.1) is 5.92 Å². The van der Waals surface area contributed by atoms with Crippen molar-refractivity contribution >= 4 is 17.7 Å². The normalized spacial score (nSPS) is 19.4. The van der Waals surface area contributed by atoms with E-state index in [0.29, 0.717) is 18.9 Å². The molecule has 0 radical (unpaired) electrons. The van der Waals surface area contributed by atoms with Gasteiger partial charge in [-0.15, -0.1) is 0 Å². The lowest BCUT2D eigenvalue weighted by molar-refractivity contribution is -0.154. The Labute approximate surface area is 175 Å². The molecule has 6 heteroatoms. The minimum atomic E-state index is -1.14. The standard InChI is InChI=1S/C21H31N3O3.C2H6/c1-14(2)13-21(4,5)23-19(26)17-18(25)22-15(3)20(27)24(17)12-11-16-9-7-6-8-10-16;1-2/h6-10,14-15,17H,11-13H2,1-5H3,(H,22,25)(H,23,26);1-2H3. The lowest BCUT2D eigenvalue weighted by Gasteiger charge is -2.39. The highest BCUT2D eigenvalue weighted by molar-refractivity contribution is 6.10. The number of nitrogens with zero attached hydrogens (tertiary/aromatic N) is 1. The molecule has 0 saturated carbocycles. The molecule has 2 N–H and O–H groups in total. The van der Waals surface area contributed by atoms with Crippen molar-refractivity contribution in [3.63, 3.8) is 0 Å². The highest BCUT2D eigenvalue weighted by Crippen LogP contribution is 2.18. The Balaban J connectivity index is 0.00000204. The third-order valence-corrected chi connectivity index (χ3v) is 4.68. The Morgan fingerprint density at radius 2 is 1.76 bits per heavy atom. The van der Waals surface area contributed by atoms with Gasteiger partial charge in [0.15, 0.2) is 6.04 Å². The van der Waals surface area contributed by atoms with E-state index in [2.05, 4.69) is 24.5 Å². The lowest BCUT2D eigenvalue weighted by Crippen LogP contribution is -2.68. The highest BCUT2D eigenvalue weighted by Gasteiger charge is 2.43. The van der Waals surface area contributed by atoms with Crippen molar-refractivity contribution < 1.29 is 14.4 Å². The average molecular weight is 404 g/mol. The molecular formula is C23H37N3O3. The Morgan fingerprint density at radius 3 is 2.31 bits per heavy atom. The van der Waals surface area contributed by atoms with Crippen LogP contribution in [0.4, 0.5) is 0 Å². The summed E-state index contributed by atoms with van der Waals surface area (Å²) in [7, 11) is 0. The van der Waals surface area contributed by atoms with Gasteiger partial charge in [0.2, 0.25) is 5.91 Å². The largest absolute Gasteiger partial charge is 0.349 e. The maximum atomic E-state index is 12.9. The van der Waals surface area contributed by atoms with E-state index in [4.69, 9.17) is 0 Å². The summed E-state index contributed by atoms with van der Waals surface area (Å²) in [5.74, 6) is -0.678. The summed E-state index contributed by atoms with van der Waals surface area (Å²) in [5.41, 5.74) is 0.603. The molecule has 6 nitrogen and oxygen atoms in total. The average Bonchev–Trinajstić information content (AvgIpc) is 2.64. The third kappa shape index (κ3) is 7.18. The molecule has 1 aromatic carbocycles. The molecule has 1 fully saturated rings. The first kappa shape index (κ1) is 24.7. The highest BCUT2D eigenvalue weighted by atomic mass is 16.2. The fourth-order valence-corrected chi connectivity index (χ4v) is 3.74. The molecule has 162 valence electrons. The first-order valence-corrected chi connectivity index (χ1v) is 10.6. The molecule has 3 amide bonds. The molecule has 2 atom stereocenters. The van der Waals surface area contributed by atoms with Gasteiger partial charge in [0.1, 0.15) is 6.04 Å². The van der Waals surface area contributed by atoms with Gasteiger partial charge in [-0.3, -0.25) is 14.4 Å². The van der Waals surface area contributed by atoms with Crippen molar-refractivity contribution in [2.75, 3.05) is 6.54 Å². The van der Waals surface area contributed by atoms with Gasteiger partial charge < -0.3 is 15.5 Å². The molecule has 1 aliphatic rings. The van der Waals surface area contributed by atoms with Crippen molar-refractivity contribution in [2.24, 2.45) is 5.92 Å². The number of nitrogens with one attached hydrogen (secondary N) is 2. The minimum Gasteiger partial charge on any atom is -0.349 e. The summed E-state index contributed by atoms with van der Waals surface area (Å²) in [6, 6.07) is 7.97. The molecule has 0 spiro atoms. The van der Waals surface area contributed by atoms with Gasteiger partial charge in [-0.1, -0.05) is 58.0 Å². The summed E-state index contributed by atoms with van der Waals surface area (Å²) in [5, 5.41) is 5.58. The number of carbonyl (C=O) groups excluding carboxylic acids is 3. The summed E-state index contributed by atoms with van der Waals surface area (Å²) in [6.45, 7) is 14.0. The maximum Gasteiger partial charge on any atom is 0.253 e. The topological polar surface area (TPSA) is 78.5 Å². The number of amides is 3. The van der Waals surface area contributed by atoms with Crippen LogP contribution in [-0.2, 0) is 20.8 Å². The second-order valence-corrected chi connectivity index (χ2v) is 8.37. The monoisotopic (exact) mass is 403 g/mol. The van der Waals surface area contributed by atoms with Crippen LogP contribution in [0.2, 0.25) is 0 Å². The summed E-state index contributed by atoms with van der Waals surface area (Å²) < 4.78 is 0.